The molecule has 1 aromatic carbocycles. The number of aromatic nitrogens is 1. The van der Waals surface area contributed by atoms with Gasteiger partial charge in [0.05, 0.1) is 36.5 Å². The summed E-state index contributed by atoms with van der Waals surface area (Å²) in [5.41, 5.74) is 1.91. The molecule has 0 radical (unpaired) electrons. The lowest BCUT2D eigenvalue weighted by molar-refractivity contribution is -0.137. The third-order valence-corrected chi connectivity index (χ3v) is 8.11. The topological polar surface area (TPSA) is 93.6 Å². The van der Waals surface area contributed by atoms with Crippen LogP contribution in [0, 0.1) is 11.8 Å². The minimum Gasteiger partial charge on any atom is -0.490 e. The Morgan fingerprint density at radius 3 is 2.56 bits per heavy atom. The maximum absolute atomic E-state index is 11.6. The smallest absolute Gasteiger partial charge is 0.305 e. The molecule has 2 aliphatic heterocycles. The summed E-state index contributed by atoms with van der Waals surface area (Å²) in [5, 5.41) is 10.2. The van der Waals surface area contributed by atoms with Crippen molar-refractivity contribution in [2.45, 2.75) is 51.4 Å². The first-order valence-electron chi connectivity index (χ1n) is 13.6. The number of carboxylic acids is 1. The maximum Gasteiger partial charge on any atom is 0.305 e. The Labute approximate surface area is 235 Å². The van der Waals surface area contributed by atoms with Gasteiger partial charge in [-0.15, -0.1) is 0 Å². The van der Waals surface area contributed by atoms with Crippen molar-refractivity contribution in [2.24, 2.45) is 11.8 Å². The zero-order valence-corrected chi connectivity index (χ0v) is 24.0. The molecule has 10 heteroatoms. The largest absolute Gasteiger partial charge is 0.490 e. The SMILES string of the molecule is COCCCOC1CN(c2ccc(OC3CCN(c4cc(OC)ncc4Cl)CC3C)cc2)C(CC(=O)O)C1C. The first-order chi connectivity index (χ1) is 18.8. The van der Waals surface area contributed by atoms with Crippen LogP contribution in [0.1, 0.15) is 33.1 Å². The predicted molar refractivity (Wildman–Crippen MR) is 151 cm³/mol. The number of pyridine rings is 1. The number of rotatable bonds is 12. The van der Waals surface area contributed by atoms with Crippen molar-refractivity contribution in [3.63, 3.8) is 0 Å². The van der Waals surface area contributed by atoms with Gasteiger partial charge >= 0.3 is 5.97 Å². The van der Waals surface area contributed by atoms with Crippen LogP contribution < -0.4 is 19.3 Å². The molecule has 0 bridgehead atoms. The molecule has 3 heterocycles. The number of carbonyl (C=O) groups is 1. The Balaban J connectivity index is 1.37. The molecule has 2 aliphatic rings. The molecule has 1 N–H and O–H groups in total. The van der Waals surface area contributed by atoms with E-state index in [1.54, 1.807) is 20.4 Å². The summed E-state index contributed by atoms with van der Waals surface area (Å²) in [6.07, 6.45) is 3.42. The summed E-state index contributed by atoms with van der Waals surface area (Å²) in [6, 6.07) is 9.74. The number of ether oxygens (including phenoxy) is 4. The molecule has 2 fully saturated rings. The van der Waals surface area contributed by atoms with Crippen LogP contribution in [0.25, 0.3) is 0 Å². The Morgan fingerprint density at radius 1 is 1.13 bits per heavy atom. The fourth-order valence-corrected chi connectivity index (χ4v) is 5.84. The molecule has 214 valence electrons. The average Bonchev–Trinajstić information content (AvgIpc) is 3.22. The van der Waals surface area contributed by atoms with Gasteiger partial charge in [-0.1, -0.05) is 25.4 Å². The highest BCUT2D eigenvalue weighted by Crippen LogP contribution is 2.36. The lowest BCUT2D eigenvalue weighted by atomic mass is 9.96. The van der Waals surface area contributed by atoms with Crippen LogP contribution in [0.4, 0.5) is 11.4 Å². The second-order valence-electron chi connectivity index (χ2n) is 10.5. The summed E-state index contributed by atoms with van der Waals surface area (Å²) < 4.78 is 22.9. The molecule has 1 aromatic heterocycles. The number of benzene rings is 1. The van der Waals surface area contributed by atoms with Gasteiger partial charge in [-0.05, 0) is 30.7 Å². The summed E-state index contributed by atoms with van der Waals surface area (Å²) in [7, 11) is 3.28. The second kappa shape index (κ2) is 13.5. The van der Waals surface area contributed by atoms with Gasteiger partial charge in [-0.3, -0.25) is 4.79 Å². The van der Waals surface area contributed by atoms with Crippen molar-refractivity contribution in [1.29, 1.82) is 0 Å². The van der Waals surface area contributed by atoms with Crippen LogP contribution in [0.5, 0.6) is 11.6 Å². The Hall–Kier alpha value is -2.75. The van der Waals surface area contributed by atoms with Gasteiger partial charge < -0.3 is 33.9 Å². The van der Waals surface area contributed by atoms with Gasteiger partial charge in [0.1, 0.15) is 11.9 Å². The van der Waals surface area contributed by atoms with Crippen molar-refractivity contribution in [3.05, 3.63) is 41.6 Å². The number of nitrogens with zero attached hydrogens (tertiary/aromatic N) is 3. The average molecular weight is 562 g/mol. The molecule has 39 heavy (non-hydrogen) atoms. The molecule has 2 aromatic rings. The molecular formula is C29H40ClN3O6. The summed E-state index contributed by atoms with van der Waals surface area (Å²) in [6.45, 7) is 7.79. The number of halogens is 1. The fourth-order valence-electron chi connectivity index (χ4n) is 5.61. The molecule has 0 saturated carbocycles. The van der Waals surface area contributed by atoms with Crippen LogP contribution in [-0.4, -0.2) is 81.4 Å². The Kier molecular flexibility index (Phi) is 10.2. The highest BCUT2D eigenvalue weighted by Gasteiger charge is 2.41. The molecule has 5 atom stereocenters. The normalized spacial score (nSPS) is 25.1. The lowest BCUT2D eigenvalue weighted by Gasteiger charge is -2.38. The third-order valence-electron chi connectivity index (χ3n) is 7.82. The van der Waals surface area contributed by atoms with E-state index < -0.39 is 5.97 Å². The van der Waals surface area contributed by atoms with Gasteiger partial charge in [0.2, 0.25) is 5.88 Å². The van der Waals surface area contributed by atoms with Crippen LogP contribution >= 0.6 is 11.6 Å². The number of methoxy groups -OCH3 is 2. The number of piperidine rings is 1. The maximum atomic E-state index is 11.6. The Morgan fingerprint density at radius 2 is 1.90 bits per heavy atom. The molecular weight excluding hydrogens is 522 g/mol. The first-order valence-corrected chi connectivity index (χ1v) is 14.0. The van der Waals surface area contributed by atoms with Crippen LogP contribution in [0.15, 0.2) is 36.5 Å². The van der Waals surface area contributed by atoms with Crippen LogP contribution in [-0.2, 0) is 14.3 Å². The molecule has 9 nitrogen and oxygen atoms in total. The van der Waals surface area contributed by atoms with Gasteiger partial charge in [0.25, 0.3) is 0 Å². The Bertz CT molecular complexity index is 1090. The number of hydrogen-bond acceptors (Lipinski definition) is 8. The van der Waals surface area contributed by atoms with Crippen LogP contribution in [0.2, 0.25) is 5.02 Å². The van der Waals surface area contributed by atoms with E-state index in [9.17, 15) is 9.90 Å². The number of anilines is 2. The molecule has 5 unspecified atom stereocenters. The fraction of sp³-hybridized carbons (Fsp3) is 0.586. The summed E-state index contributed by atoms with van der Waals surface area (Å²) in [4.78, 5) is 20.2. The molecule has 0 spiro atoms. The third kappa shape index (κ3) is 7.26. The summed E-state index contributed by atoms with van der Waals surface area (Å²) in [5.74, 6) is 0.928. The van der Waals surface area contributed by atoms with E-state index in [4.69, 9.17) is 30.5 Å². The van der Waals surface area contributed by atoms with Crippen molar-refractivity contribution in [2.75, 3.05) is 56.9 Å². The van der Waals surface area contributed by atoms with Gasteiger partial charge in [0.15, 0.2) is 0 Å². The van der Waals surface area contributed by atoms with E-state index >= 15 is 0 Å². The van der Waals surface area contributed by atoms with Crippen LogP contribution in [0.3, 0.4) is 0 Å². The lowest BCUT2D eigenvalue weighted by Crippen LogP contribution is -2.44. The second-order valence-corrected chi connectivity index (χ2v) is 10.9. The van der Waals surface area contributed by atoms with E-state index in [0.717, 1.165) is 43.1 Å². The van der Waals surface area contributed by atoms with Crippen molar-refractivity contribution >= 4 is 28.9 Å². The zero-order chi connectivity index (χ0) is 27.9. The van der Waals surface area contributed by atoms with E-state index in [1.807, 2.05) is 30.3 Å². The zero-order valence-electron chi connectivity index (χ0n) is 23.2. The van der Waals surface area contributed by atoms with Gasteiger partial charge in [0, 0.05) is 76.0 Å². The highest BCUT2D eigenvalue weighted by atomic mass is 35.5. The number of carboxylic acid groups (broad SMARTS) is 1. The standard InChI is InChI=1S/C29H40ClN3O6/c1-19-17-32(25-14-28(37-4)31-16-23(25)30)11-10-26(19)39-22-8-6-21(7-9-22)33-18-27(38-13-5-12-36-3)20(2)24(33)15-29(34)35/h6-9,14,16,19-20,24,26-27H,5,10-13,15,17-18H2,1-4H3,(H,34,35). The van der Waals surface area contributed by atoms with Gasteiger partial charge in [-0.25, -0.2) is 4.98 Å². The van der Waals surface area contributed by atoms with E-state index in [2.05, 4.69) is 28.6 Å². The summed E-state index contributed by atoms with van der Waals surface area (Å²) >= 11 is 6.42. The molecule has 0 amide bonds. The quantitative estimate of drug-likeness (QED) is 0.368. The minimum absolute atomic E-state index is 0.0259. The first kappa shape index (κ1) is 29.2. The highest BCUT2D eigenvalue weighted by molar-refractivity contribution is 6.33. The van der Waals surface area contributed by atoms with E-state index in [-0.39, 0.29) is 36.5 Å². The molecule has 0 aliphatic carbocycles. The van der Waals surface area contributed by atoms with E-state index in [0.29, 0.717) is 30.7 Å². The van der Waals surface area contributed by atoms with Gasteiger partial charge in [-0.2, -0.15) is 0 Å². The van der Waals surface area contributed by atoms with E-state index in [1.165, 1.54) is 0 Å². The monoisotopic (exact) mass is 561 g/mol. The number of hydrogen-bond donors (Lipinski definition) is 1. The molecule has 2 saturated heterocycles. The van der Waals surface area contributed by atoms with Crippen molar-refractivity contribution in [1.82, 2.24) is 4.98 Å². The van der Waals surface area contributed by atoms with Crippen molar-refractivity contribution < 1.29 is 28.8 Å². The molecule has 4 rings (SSSR count). The van der Waals surface area contributed by atoms with Crippen molar-refractivity contribution in [3.8, 4) is 11.6 Å². The minimum atomic E-state index is -0.802. The number of aliphatic carboxylic acids is 1. The predicted octanol–water partition coefficient (Wildman–Crippen LogP) is 4.76.